The zero-order chi connectivity index (χ0) is 19.1. The number of fused-ring (bicyclic) bond motifs is 1. The van der Waals surface area contributed by atoms with Crippen molar-refractivity contribution in [3.05, 3.63) is 59.7 Å². The number of aliphatic hydroxyl groups is 1. The van der Waals surface area contributed by atoms with Gasteiger partial charge < -0.3 is 25.4 Å². The monoisotopic (exact) mass is 369 g/mol. The van der Waals surface area contributed by atoms with E-state index in [0.717, 1.165) is 37.2 Å². The molecule has 1 heterocycles. The predicted molar refractivity (Wildman–Crippen MR) is 106 cm³/mol. The summed E-state index contributed by atoms with van der Waals surface area (Å²) in [7, 11) is 1.60. The number of carbonyl (C=O) groups is 1. The Morgan fingerprint density at radius 3 is 2.74 bits per heavy atom. The second-order valence-electron chi connectivity index (χ2n) is 6.65. The molecular formula is C21H27N3O3. The SMILES string of the molecule is COc1ccc(C(O)CNC(=O)NCCCN2CCc3ccccc32)cc1. The molecule has 2 amide bonds. The van der Waals surface area contributed by atoms with Crippen molar-refractivity contribution in [2.75, 3.05) is 38.2 Å². The Morgan fingerprint density at radius 2 is 1.96 bits per heavy atom. The highest BCUT2D eigenvalue weighted by molar-refractivity contribution is 5.73. The maximum atomic E-state index is 11.9. The summed E-state index contributed by atoms with van der Waals surface area (Å²) in [5.74, 6) is 0.734. The fourth-order valence-electron chi connectivity index (χ4n) is 3.31. The lowest BCUT2D eigenvalue weighted by atomic mass is 10.1. The van der Waals surface area contributed by atoms with Crippen molar-refractivity contribution in [1.29, 1.82) is 0 Å². The Bertz CT molecular complexity index is 749. The molecule has 144 valence electrons. The fraction of sp³-hybridized carbons (Fsp3) is 0.381. The smallest absolute Gasteiger partial charge is 0.314 e. The van der Waals surface area contributed by atoms with Gasteiger partial charge in [0.15, 0.2) is 0 Å². The number of methoxy groups -OCH3 is 1. The molecule has 1 aliphatic rings. The van der Waals surface area contributed by atoms with Gasteiger partial charge in [-0.1, -0.05) is 30.3 Å². The van der Waals surface area contributed by atoms with Crippen LogP contribution in [0.15, 0.2) is 48.5 Å². The van der Waals surface area contributed by atoms with Crippen LogP contribution in [0.1, 0.15) is 23.7 Å². The number of hydrogen-bond donors (Lipinski definition) is 3. The van der Waals surface area contributed by atoms with Gasteiger partial charge in [-0.25, -0.2) is 4.79 Å². The number of amides is 2. The highest BCUT2D eigenvalue weighted by Gasteiger charge is 2.17. The van der Waals surface area contributed by atoms with Crippen molar-refractivity contribution in [1.82, 2.24) is 10.6 Å². The van der Waals surface area contributed by atoms with Crippen LogP contribution in [0.3, 0.4) is 0 Å². The number of benzene rings is 2. The molecule has 6 heteroatoms. The van der Waals surface area contributed by atoms with Gasteiger partial charge in [-0.15, -0.1) is 0 Å². The second kappa shape index (κ2) is 9.28. The number of rotatable bonds is 8. The van der Waals surface area contributed by atoms with Gasteiger partial charge in [-0.2, -0.15) is 0 Å². The molecule has 2 aromatic carbocycles. The molecule has 3 rings (SSSR count). The first-order valence-corrected chi connectivity index (χ1v) is 9.34. The number of nitrogens with one attached hydrogen (secondary N) is 2. The summed E-state index contributed by atoms with van der Waals surface area (Å²) < 4.78 is 5.09. The van der Waals surface area contributed by atoms with E-state index >= 15 is 0 Å². The first kappa shape index (κ1) is 19.0. The average molecular weight is 369 g/mol. The third-order valence-electron chi connectivity index (χ3n) is 4.83. The number of carbonyl (C=O) groups excluding carboxylic acids is 1. The summed E-state index contributed by atoms with van der Waals surface area (Å²) in [4.78, 5) is 14.3. The minimum absolute atomic E-state index is 0.164. The zero-order valence-electron chi connectivity index (χ0n) is 15.6. The predicted octanol–water partition coefficient (Wildman–Crippen LogP) is 2.48. The van der Waals surface area contributed by atoms with E-state index < -0.39 is 6.10 Å². The molecule has 0 fully saturated rings. The van der Waals surface area contributed by atoms with E-state index in [1.54, 1.807) is 31.4 Å². The van der Waals surface area contributed by atoms with E-state index in [2.05, 4.69) is 39.8 Å². The van der Waals surface area contributed by atoms with E-state index in [-0.39, 0.29) is 12.6 Å². The van der Waals surface area contributed by atoms with Crippen molar-refractivity contribution < 1.29 is 14.6 Å². The standard InChI is InChI=1S/C21H27N3O3/c1-27-18-9-7-17(8-10-18)20(25)15-23-21(26)22-12-4-13-24-14-11-16-5-2-3-6-19(16)24/h2-3,5-10,20,25H,4,11-15H2,1H3,(H2,22,23,26). The molecule has 2 aromatic rings. The Morgan fingerprint density at radius 1 is 1.19 bits per heavy atom. The molecule has 0 bridgehead atoms. The Labute approximate surface area is 160 Å². The topological polar surface area (TPSA) is 73.8 Å². The van der Waals surface area contributed by atoms with Gasteiger partial charge in [0, 0.05) is 31.9 Å². The number of urea groups is 1. The lowest BCUT2D eigenvalue weighted by Gasteiger charge is -2.19. The molecule has 0 saturated heterocycles. The van der Waals surface area contributed by atoms with Crippen molar-refractivity contribution in [3.63, 3.8) is 0 Å². The lowest BCUT2D eigenvalue weighted by Crippen LogP contribution is -2.39. The molecule has 0 saturated carbocycles. The minimum atomic E-state index is -0.747. The Hall–Kier alpha value is -2.73. The summed E-state index contributed by atoms with van der Waals surface area (Å²) in [6.45, 7) is 2.73. The molecule has 1 unspecified atom stereocenters. The van der Waals surface area contributed by atoms with Crippen molar-refractivity contribution in [2.45, 2.75) is 18.9 Å². The van der Waals surface area contributed by atoms with E-state index in [1.165, 1.54) is 11.3 Å². The van der Waals surface area contributed by atoms with E-state index in [4.69, 9.17) is 4.74 Å². The van der Waals surface area contributed by atoms with Gasteiger partial charge in [0.1, 0.15) is 5.75 Å². The Kier molecular flexibility index (Phi) is 6.54. The maximum absolute atomic E-state index is 11.9. The molecule has 3 N–H and O–H groups in total. The molecule has 1 atom stereocenters. The largest absolute Gasteiger partial charge is 0.497 e. The van der Waals surface area contributed by atoms with Gasteiger partial charge in [-0.3, -0.25) is 0 Å². The first-order chi connectivity index (χ1) is 13.2. The number of anilines is 1. The van der Waals surface area contributed by atoms with Gasteiger partial charge in [0.25, 0.3) is 0 Å². The van der Waals surface area contributed by atoms with Crippen LogP contribution < -0.4 is 20.3 Å². The van der Waals surface area contributed by atoms with Crippen LogP contribution in [-0.4, -0.2) is 44.4 Å². The highest BCUT2D eigenvalue weighted by Crippen LogP contribution is 2.27. The lowest BCUT2D eigenvalue weighted by molar-refractivity contribution is 0.173. The molecule has 0 spiro atoms. The number of ether oxygens (including phenoxy) is 1. The van der Waals surface area contributed by atoms with E-state index in [0.29, 0.717) is 6.54 Å². The van der Waals surface area contributed by atoms with Gasteiger partial charge in [-0.05, 0) is 42.2 Å². The summed E-state index contributed by atoms with van der Waals surface area (Å²) in [5, 5.41) is 15.7. The van der Waals surface area contributed by atoms with Crippen molar-refractivity contribution in [3.8, 4) is 5.75 Å². The molecule has 0 aliphatic carbocycles. The van der Waals surface area contributed by atoms with Crippen LogP contribution in [0.4, 0.5) is 10.5 Å². The first-order valence-electron chi connectivity index (χ1n) is 9.34. The third-order valence-corrected chi connectivity index (χ3v) is 4.83. The second-order valence-corrected chi connectivity index (χ2v) is 6.65. The van der Waals surface area contributed by atoms with Gasteiger partial charge >= 0.3 is 6.03 Å². The molecule has 1 aliphatic heterocycles. The average Bonchev–Trinajstić information content (AvgIpc) is 3.12. The Balaban J connectivity index is 1.33. The summed E-state index contributed by atoms with van der Waals surface area (Å²) in [6.07, 6.45) is 1.22. The van der Waals surface area contributed by atoms with Gasteiger partial charge in [0.05, 0.1) is 13.2 Å². The molecule has 0 aromatic heterocycles. The quantitative estimate of drug-likeness (QED) is 0.625. The van der Waals surface area contributed by atoms with Gasteiger partial charge in [0.2, 0.25) is 0 Å². The van der Waals surface area contributed by atoms with Crippen LogP contribution in [0.25, 0.3) is 0 Å². The van der Waals surface area contributed by atoms with Crippen LogP contribution in [-0.2, 0) is 6.42 Å². The number of aliphatic hydroxyl groups excluding tert-OH is 1. The normalized spacial score (nSPS) is 13.8. The third kappa shape index (κ3) is 5.14. The summed E-state index contributed by atoms with van der Waals surface area (Å²) >= 11 is 0. The molecule has 0 radical (unpaired) electrons. The minimum Gasteiger partial charge on any atom is -0.497 e. The highest BCUT2D eigenvalue weighted by atomic mass is 16.5. The van der Waals surface area contributed by atoms with Crippen molar-refractivity contribution >= 4 is 11.7 Å². The van der Waals surface area contributed by atoms with Crippen LogP contribution >= 0.6 is 0 Å². The fourth-order valence-corrected chi connectivity index (χ4v) is 3.31. The van der Waals surface area contributed by atoms with Crippen LogP contribution in [0.2, 0.25) is 0 Å². The molecule has 27 heavy (non-hydrogen) atoms. The van der Waals surface area contributed by atoms with E-state index in [1.807, 2.05) is 0 Å². The van der Waals surface area contributed by atoms with E-state index in [9.17, 15) is 9.90 Å². The maximum Gasteiger partial charge on any atom is 0.314 e. The number of para-hydroxylation sites is 1. The van der Waals surface area contributed by atoms with Crippen LogP contribution in [0.5, 0.6) is 5.75 Å². The summed E-state index contributed by atoms with van der Waals surface area (Å²) in [5.41, 5.74) is 3.45. The zero-order valence-corrected chi connectivity index (χ0v) is 15.6. The number of nitrogens with zero attached hydrogens (tertiary/aromatic N) is 1. The van der Waals surface area contributed by atoms with Crippen LogP contribution in [0, 0.1) is 0 Å². The molecular weight excluding hydrogens is 342 g/mol. The molecule has 6 nitrogen and oxygen atoms in total. The summed E-state index contributed by atoms with van der Waals surface area (Å²) in [6, 6.07) is 15.4. The number of hydrogen-bond acceptors (Lipinski definition) is 4. The van der Waals surface area contributed by atoms with Crippen molar-refractivity contribution in [2.24, 2.45) is 0 Å².